The number of hydrogen-bond acceptors (Lipinski definition) is 5. The van der Waals surface area contributed by atoms with Crippen molar-refractivity contribution in [1.82, 2.24) is 33.6 Å². The smallest absolute Gasteiger partial charge is 0.160 e. The average Bonchev–Trinajstić information content (AvgIpc) is 1.58. The maximum absolute atomic E-state index is 5.49. The zero-order valence-electron chi connectivity index (χ0n) is 63.9. The van der Waals surface area contributed by atoms with E-state index in [1.54, 1.807) is 0 Å². The van der Waals surface area contributed by atoms with E-state index in [0.29, 0.717) is 11.6 Å². The van der Waals surface area contributed by atoms with Crippen molar-refractivity contribution >= 4 is 96.9 Å². The number of aromatic nitrogens is 7. The van der Waals surface area contributed by atoms with Gasteiger partial charge >= 0.3 is 0 Å². The summed E-state index contributed by atoms with van der Waals surface area (Å²) in [6.07, 6.45) is 0. The van der Waals surface area contributed by atoms with Crippen LogP contribution in [0.25, 0.3) is 226 Å². The Morgan fingerprint density at radius 1 is 0.169 bits per heavy atom. The first-order chi connectivity index (χ1) is 58.5. The minimum absolute atomic E-state index is 0.651. The number of para-hydroxylation sites is 4. The normalized spacial score (nSPS) is 11.7. The lowest BCUT2D eigenvalue weighted by Crippen LogP contribution is -1.96. The fraction of sp³-hybridized carbons (Fsp3) is 0. The first-order valence-corrected chi connectivity index (χ1v) is 40.9. The van der Waals surface area contributed by atoms with Gasteiger partial charge in [0.1, 0.15) is 0 Å². The summed E-state index contributed by atoms with van der Waals surface area (Å²) in [7, 11) is 0. The van der Waals surface area contributed by atoms with E-state index in [9.17, 15) is 0 Å². The van der Waals surface area contributed by atoms with Crippen LogP contribution in [0.3, 0.4) is 0 Å². The van der Waals surface area contributed by atoms with E-state index in [1.165, 1.54) is 69.1 Å². The van der Waals surface area contributed by atoms with Crippen molar-refractivity contribution < 1.29 is 0 Å². The number of fused-ring (bicyclic) bond motifs is 12. The van der Waals surface area contributed by atoms with Gasteiger partial charge in [0.05, 0.1) is 55.9 Å². The molecular formula is C110H69N7S. The van der Waals surface area contributed by atoms with Gasteiger partial charge in [-0.05, 0) is 189 Å². The Balaban J connectivity index is 0.587. The maximum atomic E-state index is 5.49. The topological polar surface area (TPSA) is 66.3 Å². The Hall–Kier alpha value is -15.5. The monoisotopic (exact) mass is 1520 g/mol. The van der Waals surface area contributed by atoms with E-state index in [1.807, 2.05) is 23.5 Å². The molecule has 6 aromatic heterocycles. The molecule has 0 bridgehead atoms. The van der Waals surface area contributed by atoms with Crippen LogP contribution in [0, 0.1) is 0 Å². The summed E-state index contributed by atoms with van der Waals surface area (Å²) in [6, 6.07) is 151. The molecule has 23 rings (SSSR count). The van der Waals surface area contributed by atoms with Crippen LogP contribution in [0.4, 0.5) is 0 Å². The van der Waals surface area contributed by atoms with Gasteiger partial charge in [0.15, 0.2) is 11.6 Å². The molecule has 0 aliphatic carbocycles. The van der Waals surface area contributed by atoms with E-state index in [4.69, 9.17) is 19.9 Å². The summed E-state index contributed by atoms with van der Waals surface area (Å²) < 4.78 is 9.71. The third-order valence-electron chi connectivity index (χ3n) is 23.5. The van der Waals surface area contributed by atoms with E-state index in [-0.39, 0.29) is 0 Å². The van der Waals surface area contributed by atoms with Gasteiger partial charge in [0, 0.05) is 103 Å². The lowest BCUT2D eigenvalue weighted by molar-refractivity contribution is 1.18. The second-order valence-corrected chi connectivity index (χ2v) is 31.5. The van der Waals surface area contributed by atoms with Gasteiger partial charge in [-0.15, -0.1) is 11.3 Å². The van der Waals surface area contributed by atoms with Crippen LogP contribution >= 0.6 is 11.3 Å². The Labute approximate surface area is 684 Å². The molecule has 0 N–H and O–H groups in total. The predicted molar refractivity (Wildman–Crippen MR) is 493 cm³/mol. The molecule has 550 valence electrons. The lowest BCUT2D eigenvalue weighted by Gasteiger charge is -2.12. The fourth-order valence-corrected chi connectivity index (χ4v) is 19.0. The molecule has 6 heterocycles. The molecule has 0 radical (unpaired) electrons. The molecule has 0 aliphatic rings. The molecule has 17 aromatic carbocycles. The van der Waals surface area contributed by atoms with Crippen LogP contribution in [0.15, 0.2) is 419 Å². The Morgan fingerprint density at radius 3 is 1.03 bits per heavy atom. The number of thiophene rings is 1. The van der Waals surface area contributed by atoms with Gasteiger partial charge in [-0.25, -0.2) is 19.9 Å². The molecule has 0 amide bonds. The van der Waals surface area contributed by atoms with E-state index in [0.717, 1.165) is 145 Å². The quantitative estimate of drug-likeness (QED) is 0.109. The van der Waals surface area contributed by atoms with Gasteiger partial charge in [-0.1, -0.05) is 285 Å². The van der Waals surface area contributed by atoms with Crippen molar-refractivity contribution in [1.29, 1.82) is 0 Å². The highest BCUT2D eigenvalue weighted by atomic mass is 32.1. The van der Waals surface area contributed by atoms with Crippen LogP contribution in [0.1, 0.15) is 0 Å². The fourth-order valence-electron chi connectivity index (χ4n) is 17.9. The molecule has 7 nitrogen and oxygen atoms in total. The van der Waals surface area contributed by atoms with Gasteiger partial charge in [0.25, 0.3) is 0 Å². The zero-order valence-corrected chi connectivity index (χ0v) is 64.7. The second-order valence-electron chi connectivity index (χ2n) is 30.4. The molecule has 0 spiro atoms. The highest BCUT2D eigenvalue weighted by Gasteiger charge is 2.23. The maximum Gasteiger partial charge on any atom is 0.160 e. The van der Waals surface area contributed by atoms with Crippen LogP contribution in [-0.2, 0) is 0 Å². The summed E-state index contributed by atoms with van der Waals surface area (Å²) >= 11 is 1.84. The molecular weight excluding hydrogens is 1450 g/mol. The molecule has 0 saturated heterocycles. The van der Waals surface area contributed by atoms with Crippen LogP contribution < -0.4 is 0 Å². The molecule has 0 unspecified atom stereocenters. The standard InChI is InChI=1S/C110H69N7S/c1-7-25-71(26-8-1)95-68-96(72-27-9-2-10-28-72)112-109(111-95)83-34-22-32-81(62-83)88-43-24-46-106-108(88)94-66-78(55-60-105(94)118-106)76-53-58-101-92(64-76)90-56-51-79(67-104(90)117(101)86-39-17-6-18-40-86)70-47-49-74(50-48-70)98-69-97(73-29-11-3-12-30-73)113-110(114-98)82-33-21-31-80(61-82)87-42-23-45-103-107(87)93-65-77(54-59-102(93)116(103)85-37-15-5-16-38-85)75-52-57-100-91(63-75)89-41-19-20-44-99(89)115(100)84-35-13-4-14-36-84/h1-69H. The predicted octanol–water partition coefficient (Wildman–Crippen LogP) is 29.3. The first kappa shape index (κ1) is 68.1. The number of rotatable bonds is 14. The average molecular weight is 1520 g/mol. The van der Waals surface area contributed by atoms with Crippen molar-refractivity contribution in [2.45, 2.75) is 0 Å². The number of nitrogens with zero attached hydrogens (tertiary/aromatic N) is 7. The van der Waals surface area contributed by atoms with Gasteiger partial charge < -0.3 is 13.7 Å². The van der Waals surface area contributed by atoms with Crippen molar-refractivity contribution in [3.8, 4) is 141 Å². The Kier molecular flexibility index (Phi) is 16.3. The third-order valence-corrected chi connectivity index (χ3v) is 24.6. The van der Waals surface area contributed by atoms with Crippen molar-refractivity contribution in [3.05, 3.63) is 419 Å². The zero-order chi connectivity index (χ0) is 77.7. The molecule has 0 atom stereocenters. The Bertz CT molecular complexity index is 7830. The summed E-state index contributed by atoms with van der Waals surface area (Å²) in [5.41, 5.74) is 31.1. The molecule has 8 heteroatoms. The highest BCUT2D eigenvalue weighted by molar-refractivity contribution is 7.26. The van der Waals surface area contributed by atoms with E-state index >= 15 is 0 Å². The van der Waals surface area contributed by atoms with Crippen LogP contribution in [0.5, 0.6) is 0 Å². The lowest BCUT2D eigenvalue weighted by atomic mass is 9.95. The third kappa shape index (κ3) is 11.8. The van der Waals surface area contributed by atoms with Gasteiger partial charge in [0.2, 0.25) is 0 Å². The molecule has 23 aromatic rings. The minimum Gasteiger partial charge on any atom is -0.309 e. The van der Waals surface area contributed by atoms with E-state index in [2.05, 4.69) is 420 Å². The van der Waals surface area contributed by atoms with Gasteiger partial charge in [-0.3, -0.25) is 0 Å². The van der Waals surface area contributed by atoms with Gasteiger partial charge in [-0.2, -0.15) is 0 Å². The SMILES string of the molecule is c1ccc(-c2cc(-c3ccccc3)nc(-c3cccc(-c4cccc5sc6ccc(-c7ccc8c(c7)c7ccc(-c9ccc(-c%10cc(-c%11ccccc%11)nc(-c%11cccc(-c%12cccc%13c%12c%12cc(-c%14ccc%15c(c%14)c%14ccccc%14n%15-c%14ccccc%14)ccc%12n%13-c%12ccccc%12)c%11)n%10)cc9)cc7n8-c7ccccc7)cc6c45)c3)n2)cc1. The number of hydrogen-bond donors (Lipinski definition) is 0. The largest absolute Gasteiger partial charge is 0.309 e. The summed E-state index contributed by atoms with van der Waals surface area (Å²) in [5.74, 6) is 1.34. The molecule has 0 aliphatic heterocycles. The molecule has 0 saturated carbocycles. The summed E-state index contributed by atoms with van der Waals surface area (Å²) in [6.45, 7) is 0. The summed E-state index contributed by atoms with van der Waals surface area (Å²) in [5, 5.41) is 9.66. The van der Waals surface area contributed by atoms with Crippen LogP contribution in [0.2, 0.25) is 0 Å². The first-order valence-electron chi connectivity index (χ1n) is 40.0. The Morgan fingerprint density at radius 2 is 0.508 bits per heavy atom. The highest BCUT2D eigenvalue weighted by Crippen LogP contribution is 2.47. The van der Waals surface area contributed by atoms with Crippen molar-refractivity contribution in [2.75, 3.05) is 0 Å². The second kappa shape index (κ2) is 28.3. The summed E-state index contributed by atoms with van der Waals surface area (Å²) in [4.78, 5) is 21.3. The van der Waals surface area contributed by atoms with Crippen LogP contribution in [-0.4, -0.2) is 33.6 Å². The molecule has 118 heavy (non-hydrogen) atoms. The van der Waals surface area contributed by atoms with Crippen molar-refractivity contribution in [3.63, 3.8) is 0 Å². The minimum atomic E-state index is 0.651. The van der Waals surface area contributed by atoms with Crippen molar-refractivity contribution in [2.24, 2.45) is 0 Å². The number of benzene rings is 17. The molecule has 0 fully saturated rings. The van der Waals surface area contributed by atoms with E-state index < -0.39 is 0 Å².